The molecule has 0 bridgehead atoms. The third-order valence-corrected chi connectivity index (χ3v) is 39.7. The van der Waals surface area contributed by atoms with E-state index in [-0.39, 0.29) is 24.8 Å². The first-order chi connectivity index (χ1) is 46.2. The van der Waals surface area contributed by atoms with Crippen molar-refractivity contribution in [2.75, 3.05) is 0 Å². The van der Waals surface area contributed by atoms with Crippen molar-refractivity contribution in [3.63, 3.8) is 0 Å². The van der Waals surface area contributed by atoms with E-state index in [2.05, 4.69) is 403 Å². The van der Waals surface area contributed by atoms with E-state index in [1.165, 1.54) is 142 Å². The summed E-state index contributed by atoms with van der Waals surface area (Å²) in [6.07, 6.45) is 8.24. The van der Waals surface area contributed by atoms with Gasteiger partial charge in [0.05, 0.1) is 16.1 Å². The third-order valence-electron chi connectivity index (χ3n) is 18.8. The number of hydrogen-bond donors (Lipinski definition) is 0. The van der Waals surface area contributed by atoms with Crippen LogP contribution >= 0.6 is 0 Å². The molecule has 0 amide bonds. The molecule has 12 heteroatoms. The van der Waals surface area contributed by atoms with E-state index in [4.69, 9.17) is 0 Å². The molecule has 12 rings (SSSR count). The van der Waals surface area contributed by atoms with Crippen molar-refractivity contribution < 1.29 is 73.3 Å². The molecule has 2 atom stereocenters. The van der Waals surface area contributed by atoms with Gasteiger partial charge in [0.2, 0.25) is 0 Å². The summed E-state index contributed by atoms with van der Waals surface area (Å²) in [6, 6.07) is 73.4. The van der Waals surface area contributed by atoms with E-state index >= 15 is 0 Å². The van der Waals surface area contributed by atoms with E-state index in [0.717, 1.165) is 0 Å². The van der Waals surface area contributed by atoms with Crippen molar-refractivity contribution in [1.82, 2.24) is 0 Å². The van der Waals surface area contributed by atoms with Crippen LogP contribution in [-0.2, 0) is 48.5 Å². The van der Waals surface area contributed by atoms with Crippen molar-refractivity contribution in [1.29, 1.82) is 0 Å². The minimum atomic E-state index is -1.32. The summed E-state index contributed by atoms with van der Waals surface area (Å²) in [5.74, 6) is 0. The molecule has 0 saturated carbocycles. The summed E-state index contributed by atoms with van der Waals surface area (Å²) in [5, 5.41) is 21.9. The van der Waals surface area contributed by atoms with Crippen LogP contribution in [0.15, 0.2) is 237 Å². The Morgan fingerprint density at radius 2 is 0.490 bits per heavy atom. The van der Waals surface area contributed by atoms with E-state index in [1.54, 1.807) is 10.4 Å². The molecule has 0 N–H and O–H groups in total. The first-order valence-electron chi connectivity index (χ1n) is 36.5. The van der Waals surface area contributed by atoms with Gasteiger partial charge in [0.25, 0.3) is 0 Å². The molecule has 0 saturated heterocycles. The predicted octanol–water partition coefficient (Wildman–Crippen LogP) is 21.0. The van der Waals surface area contributed by atoms with Crippen molar-refractivity contribution in [3.8, 4) is 0 Å². The second-order valence-electron chi connectivity index (χ2n) is 36.6. The summed E-state index contributed by atoms with van der Waals surface area (Å²) < 4.78 is 2.83. The van der Waals surface area contributed by atoms with Crippen LogP contribution in [0.2, 0.25) is 168 Å². The molecule has 0 nitrogen and oxygen atoms in total. The Hall–Kier alpha value is -3.72. The maximum atomic E-state index is 4.12. The van der Waals surface area contributed by atoms with Crippen LogP contribution in [0, 0.1) is 39.8 Å². The van der Waals surface area contributed by atoms with Gasteiger partial charge in [-0.3, -0.25) is 12.2 Å². The topological polar surface area (TPSA) is 0 Å². The fourth-order valence-electron chi connectivity index (χ4n) is 14.1. The van der Waals surface area contributed by atoms with Gasteiger partial charge in [0.15, 0.2) is 0 Å². The molecule has 0 spiro atoms. The van der Waals surface area contributed by atoms with Crippen LogP contribution in [0.4, 0.5) is 0 Å². The molecule has 2 aliphatic carbocycles. The van der Waals surface area contributed by atoms with Gasteiger partial charge in [-0.15, -0.1) is 90.6 Å². The molecule has 2 aliphatic rings. The molecule has 0 heterocycles. The zero-order valence-corrected chi connectivity index (χ0v) is 82.0. The summed E-state index contributed by atoms with van der Waals surface area (Å²) in [4.78, 5) is 0. The predicted molar refractivity (Wildman–Crippen MR) is 467 cm³/mol. The summed E-state index contributed by atoms with van der Waals surface area (Å²) in [5.41, 5.74) is 12.0. The van der Waals surface area contributed by atoms with Gasteiger partial charge in [-0.05, 0) is 43.8 Å². The zero-order chi connectivity index (χ0) is 74.5. The number of halogens is 2. The number of hydrogen-bond acceptors (Lipinski definition) is 0. The van der Waals surface area contributed by atoms with Crippen LogP contribution in [0.25, 0.3) is 43.1 Å². The standard InChI is InChI=1S/2C17H37Si4.2C15H13.2C13H10.2ClH.2Zr/c2*1-18(2,3)14-13-15(19(4,5)6)17(21(10,11)12)16(14)20(7,8)9;2*1-10-3-5-14-12(7-10)9-13-8-11(2)4-6-15(13)14;2*1-3-7-12(8-4-1)11-13-9-5-2-6-10-13;;;;/h2*14H,1-12H3;2*3-9H,1-2H3;2*1-10H;2*1H;;/q4*-1;;;;;2*+2/p-2. The average molecular weight is 1680 g/mol. The maximum absolute atomic E-state index is 4.12. The van der Waals surface area contributed by atoms with Gasteiger partial charge >= 0.3 is 198 Å². The van der Waals surface area contributed by atoms with E-state index in [9.17, 15) is 0 Å². The van der Waals surface area contributed by atoms with Gasteiger partial charge < -0.3 is 24.8 Å². The monoisotopic (exact) mass is 1670 g/mol. The Morgan fingerprint density at radius 3 is 0.657 bits per heavy atom. The number of allylic oxidation sites excluding steroid dienone is 8. The van der Waals surface area contributed by atoms with Gasteiger partial charge in [-0.25, -0.2) is 20.8 Å². The van der Waals surface area contributed by atoms with Crippen LogP contribution in [0.5, 0.6) is 0 Å². The quantitative estimate of drug-likeness (QED) is 0.0845. The first-order valence-corrected chi connectivity index (χ1v) is 67.1. The number of fused-ring (bicyclic) bond motifs is 6. The van der Waals surface area contributed by atoms with Crippen molar-refractivity contribution in [2.24, 2.45) is 0 Å². The molecule has 0 aliphatic heterocycles. The van der Waals surface area contributed by atoms with Gasteiger partial charge in [0, 0.05) is 32.3 Å². The summed E-state index contributed by atoms with van der Waals surface area (Å²) in [6.45, 7) is 69.6. The first kappa shape index (κ1) is 88.9. The molecular formula is C90H120Cl2Si8Zr2-2. The Bertz CT molecular complexity index is 4120. The molecular weight excluding hydrogens is 1560 g/mol. The number of rotatable bonds is 12. The fourth-order valence-corrected chi connectivity index (χ4v) is 44.0. The number of aryl methyl sites for hydroxylation is 4. The summed E-state index contributed by atoms with van der Waals surface area (Å²) in [7, 11) is -10.4. The van der Waals surface area contributed by atoms with Crippen molar-refractivity contribution in [2.45, 2.75) is 196 Å². The van der Waals surface area contributed by atoms with Gasteiger partial charge in [-0.1, -0.05) is 228 Å². The van der Waals surface area contributed by atoms with Crippen LogP contribution < -0.4 is 24.8 Å². The molecule has 102 heavy (non-hydrogen) atoms. The molecule has 10 aromatic carbocycles. The Morgan fingerprint density at radius 1 is 0.284 bits per heavy atom. The van der Waals surface area contributed by atoms with Gasteiger partial charge in [0.1, 0.15) is 0 Å². The molecule has 536 valence electrons. The second-order valence-corrected chi connectivity index (χ2v) is 79.7. The Kier molecular flexibility index (Phi) is 31.4. The Balaban J connectivity index is 0.000000221. The fraction of sp³-hybridized carbons (Fsp3) is 0.333. The van der Waals surface area contributed by atoms with Crippen LogP contribution in [-0.4, -0.2) is 71.0 Å². The van der Waals surface area contributed by atoms with E-state index in [0.29, 0.717) is 11.1 Å². The zero-order valence-electron chi connectivity index (χ0n) is 67.5. The third kappa shape index (κ3) is 23.6. The molecule has 0 radical (unpaired) electrons. The van der Waals surface area contributed by atoms with Crippen molar-refractivity contribution >= 4 is 114 Å². The number of benzene rings is 8. The molecule has 0 fully saturated rings. The SMILES string of the molecule is C[Si](C)(C)C1=[C-]C([Si](C)(C)C)C([Si](C)(C)C)=C1[Si](C)(C)C.C[Si](C)(C)C1=[C-]C([Si](C)(C)C)C([Si](C)(C)C)=C1[Si](C)(C)C.Cc1ccc2c(c1)[cH-]c1cc(C)ccc12.Cc1ccc2c(c1)[cH-]c1cc(C)ccc12.[Cl-].[Cl-].[Zr+2]=[C](c1ccccc1)c1ccccc1.[Zr+2]=[C](c1ccccc1)c1ccccc1. The van der Waals surface area contributed by atoms with E-state index < -0.39 is 64.6 Å². The second kappa shape index (κ2) is 36.0. The van der Waals surface area contributed by atoms with Crippen molar-refractivity contribution in [3.05, 3.63) is 294 Å². The summed E-state index contributed by atoms with van der Waals surface area (Å²) >= 11 is 2.92. The van der Waals surface area contributed by atoms with Crippen LogP contribution in [0.1, 0.15) is 44.5 Å². The molecule has 2 unspecified atom stereocenters. The van der Waals surface area contributed by atoms with Crippen LogP contribution in [0.3, 0.4) is 0 Å². The van der Waals surface area contributed by atoms with Gasteiger partial charge in [-0.2, -0.15) is 10.4 Å². The van der Waals surface area contributed by atoms with E-state index in [1.807, 2.05) is 20.8 Å². The normalized spacial score (nSPS) is 15.1. The Labute approximate surface area is 670 Å². The molecule has 10 aromatic rings. The average Bonchev–Trinajstić information content (AvgIpc) is 1.58. The minimum absolute atomic E-state index is 0. The molecule has 0 aromatic heterocycles.